The number of rotatable bonds is 7. The molecule has 0 aliphatic carbocycles. The maximum atomic E-state index is 12.4. The van der Waals surface area contributed by atoms with Crippen LogP contribution in [0.3, 0.4) is 0 Å². The van der Waals surface area contributed by atoms with Crippen molar-refractivity contribution in [2.45, 2.75) is 6.42 Å². The minimum absolute atomic E-state index is 0.0721. The van der Waals surface area contributed by atoms with Gasteiger partial charge in [-0.25, -0.2) is 0 Å². The fraction of sp³-hybridized carbons (Fsp3) is 0.200. The number of nitrogens with one attached hydrogen (secondary N) is 1. The second-order valence-corrected chi connectivity index (χ2v) is 5.71. The van der Waals surface area contributed by atoms with Crippen LogP contribution < -0.4 is 19.5 Å². The second-order valence-electron chi connectivity index (χ2n) is 5.71. The molecule has 3 aromatic rings. The van der Waals surface area contributed by atoms with Crippen molar-refractivity contribution in [2.24, 2.45) is 0 Å². The molecule has 0 aliphatic rings. The monoisotopic (exact) mass is 368 g/mol. The summed E-state index contributed by atoms with van der Waals surface area (Å²) in [6.07, 6.45) is 0.0721. The number of methoxy groups -OCH3 is 3. The molecule has 2 aromatic carbocycles. The van der Waals surface area contributed by atoms with E-state index in [1.54, 1.807) is 38.5 Å². The van der Waals surface area contributed by atoms with E-state index in [9.17, 15) is 4.79 Å². The van der Waals surface area contributed by atoms with Gasteiger partial charge in [-0.15, -0.1) is 0 Å². The molecule has 7 nitrogen and oxygen atoms in total. The van der Waals surface area contributed by atoms with Crippen molar-refractivity contribution in [3.63, 3.8) is 0 Å². The van der Waals surface area contributed by atoms with Crippen molar-refractivity contribution >= 4 is 11.6 Å². The van der Waals surface area contributed by atoms with Gasteiger partial charge in [0.25, 0.3) is 0 Å². The first kappa shape index (κ1) is 18.3. The smallest absolute Gasteiger partial charge is 0.230 e. The highest BCUT2D eigenvalue weighted by atomic mass is 16.5. The predicted octanol–water partition coefficient (Wildman–Crippen LogP) is 3.55. The first-order chi connectivity index (χ1) is 13.1. The van der Waals surface area contributed by atoms with E-state index in [2.05, 4.69) is 10.5 Å². The van der Waals surface area contributed by atoms with Crippen LogP contribution in [-0.4, -0.2) is 32.4 Å². The molecule has 1 N–H and O–H groups in total. The van der Waals surface area contributed by atoms with Crippen LogP contribution in [0.1, 0.15) is 5.69 Å². The summed E-state index contributed by atoms with van der Waals surface area (Å²) in [7, 11) is 4.70. The van der Waals surface area contributed by atoms with E-state index in [-0.39, 0.29) is 12.3 Å². The van der Waals surface area contributed by atoms with E-state index in [1.165, 1.54) is 7.11 Å². The fourth-order valence-electron chi connectivity index (χ4n) is 2.57. The zero-order valence-electron chi connectivity index (χ0n) is 15.3. The topological polar surface area (TPSA) is 82.8 Å². The van der Waals surface area contributed by atoms with Crippen molar-refractivity contribution in [3.8, 4) is 28.6 Å². The van der Waals surface area contributed by atoms with Gasteiger partial charge in [0.05, 0.1) is 39.1 Å². The van der Waals surface area contributed by atoms with E-state index >= 15 is 0 Å². The lowest BCUT2D eigenvalue weighted by Gasteiger charge is -2.11. The molecular weight excluding hydrogens is 348 g/mol. The summed E-state index contributed by atoms with van der Waals surface area (Å²) >= 11 is 0. The van der Waals surface area contributed by atoms with E-state index < -0.39 is 0 Å². The standard InChI is InChI=1S/C20H20N2O5/c1-24-15-6-4-5-13(9-15)18-10-14(22-27-18)11-20(23)21-17-8-7-16(25-2)12-19(17)26-3/h4-10,12H,11H2,1-3H3,(H,21,23). The Morgan fingerprint density at radius 3 is 2.52 bits per heavy atom. The van der Waals surface area contributed by atoms with Gasteiger partial charge in [-0.05, 0) is 24.3 Å². The van der Waals surface area contributed by atoms with Gasteiger partial charge in [0.15, 0.2) is 5.76 Å². The van der Waals surface area contributed by atoms with Gasteiger partial charge in [0, 0.05) is 17.7 Å². The summed E-state index contributed by atoms with van der Waals surface area (Å²) in [5, 5.41) is 6.78. The third-order valence-electron chi connectivity index (χ3n) is 3.94. The number of amides is 1. The molecule has 1 aromatic heterocycles. The third-order valence-corrected chi connectivity index (χ3v) is 3.94. The summed E-state index contributed by atoms with van der Waals surface area (Å²) < 4.78 is 21.0. The minimum Gasteiger partial charge on any atom is -0.497 e. The van der Waals surface area contributed by atoms with Gasteiger partial charge in [-0.1, -0.05) is 17.3 Å². The van der Waals surface area contributed by atoms with Gasteiger partial charge in [0.1, 0.15) is 17.2 Å². The number of benzene rings is 2. The zero-order chi connectivity index (χ0) is 19.2. The highest BCUT2D eigenvalue weighted by molar-refractivity contribution is 5.93. The molecule has 0 radical (unpaired) electrons. The van der Waals surface area contributed by atoms with Crippen LogP contribution in [-0.2, 0) is 11.2 Å². The zero-order valence-corrected chi connectivity index (χ0v) is 15.3. The molecule has 0 bridgehead atoms. The molecule has 0 unspecified atom stereocenters. The predicted molar refractivity (Wildman–Crippen MR) is 100 cm³/mol. The lowest BCUT2D eigenvalue weighted by atomic mass is 10.1. The molecule has 0 saturated heterocycles. The molecule has 140 valence electrons. The quantitative estimate of drug-likeness (QED) is 0.687. The van der Waals surface area contributed by atoms with Crippen LogP contribution in [0.25, 0.3) is 11.3 Å². The normalized spacial score (nSPS) is 10.3. The molecule has 0 aliphatic heterocycles. The summed E-state index contributed by atoms with van der Waals surface area (Å²) in [5.74, 6) is 2.21. The van der Waals surface area contributed by atoms with E-state index in [1.807, 2.05) is 24.3 Å². The lowest BCUT2D eigenvalue weighted by molar-refractivity contribution is -0.115. The van der Waals surface area contributed by atoms with Crippen molar-refractivity contribution in [1.29, 1.82) is 0 Å². The van der Waals surface area contributed by atoms with E-state index in [0.29, 0.717) is 28.6 Å². The maximum absolute atomic E-state index is 12.4. The summed E-state index contributed by atoms with van der Waals surface area (Å²) in [5.41, 5.74) is 1.91. The van der Waals surface area contributed by atoms with Crippen LogP contribution in [0.5, 0.6) is 17.2 Å². The third kappa shape index (κ3) is 4.38. The number of hydrogen-bond donors (Lipinski definition) is 1. The van der Waals surface area contributed by atoms with Crippen LogP contribution in [0, 0.1) is 0 Å². The Morgan fingerprint density at radius 2 is 1.78 bits per heavy atom. The highest BCUT2D eigenvalue weighted by Gasteiger charge is 2.13. The molecule has 7 heteroatoms. The lowest BCUT2D eigenvalue weighted by Crippen LogP contribution is -2.15. The number of aromatic nitrogens is 1. The molecule has 0 spiro atoms. The van der Waals surface area contributed by atoms with Gasteiger partial charge in [-0.3, -0.25) is 4.79 Å². The average Bonchev–Trinajstić information content (AvgIpc) is 3.16. The second kappa shape index (κ2) is 8.27. The summed E-state index contributed by atoms with van der Waals surface area (Å²) in [6, 6.07) is 14.3. The van der Waals surface area contributed by atoms with Crippen molar-refractivity contribution in [1.82, 2.24) is 5.16 Å². The van der Waals surface area contributed by atoms with Crippen LogP contribution in [0.15, 0.2) is 53.1 Å². The van der Waals surface area contributed by atoms with Gasteiger partial charge >= 0.3 is 0 Å². The number of hydrogen-bond acceptors (Lipinski definition) is 6. The van der Waals surface area contributed by atoms with Crippen molar-refractivity contribution in [3.05, 3.63) is 54.2 Å². The van der Waals surface area contributed by atoms with Gasteiger partial charge < -0.3 is 24.1 Å². The fourth-order valence-corrected chi connectivity index (χ4v) is 2.57. The van der Waals surface area contributed by atoms with Crippen LogP contribution >= 0.6 is 0 Å². The minimum atomic E-state index is -0.232. The average molecular weight is 368 g/mol. The Morgan fingerprint density at radius 1 is 1.00 bits per heavy atom. The Hall–Kier alpha value is -3.48. The number of carbonyl (C=O) groups excluding carboxylic acids is 1. The molecule has 0 atom stereocenters. The molecule has 1 heterocycles. The number of anilines is 1. The summed E-state index contributed by atoms with van der Waals surface area (Å²) in [4.78, 5) is 12.4. The van der Waals surface area contributed by atoms with Gasteiger partial charge in [0.2, 0.25) is 5.91 Å². The first-order valence-electron chi connectivity index (χ1n) is 8.25. The van der Waals surface area contributed by atoms with Crippen LogP contribution in [0.4, 0.5) is 5.69 Å². The number of nitrogens with zero attached hydrogens (tertiary/aromatic N) is 1. The molecular formula is C20H20N2O5. The Balaban J connectivity index is 1.69. The molecule has 1 amide bonds. The SMILES string of the molecule is COc1cccc(-c2cc(CC(=O)Nc3ccc(OC)cc3OC)no2)c1. The molecule has 0 fully saturated rings. The van der Waals surface area contributed by atoms with Gasteiger partial charge in [-0.2, -0.15) is 0 Å². The van der Waals surface area contributed by atoms with Crippen molar-refractivity contribution in [2.75, 3.05) is 26.6 Å². The Bertz CT molecular complexity index is 936. The Labute approximate surface area is 156 Å². The van der Waals surface area contributed by atoms with Crippen LogP contribution in [0.2, 0.25) is 0 Å². The summed E-state index contributed by atoms with van der Waals surface area (Å²) in [6.45, 7) is 0. The Kier molecular flexibility index (Phi) is 5.61. The molecule has 27 heavy (non-hydrogen) atoms. The molecule has 3 rings (SSSR count). The highest BCUT2D eigenvalue weighted by Crippen LogP contribution is 2.29. The van der Waals surface area contributed by atoms with E-state index in [0.717, 1.165) is 11.3 Å². The largest absolute Gasteiger partial charge is 0.497 e. The number of ether oxygens (including phenoxy) is 3. The van der Waals surface area contributed by atoms with E-state index in [4.69, 9.17) is 18.7 Å². The molecule has 0 saturated carbocycles. The van der Waals surface area contributed by atoms with Crippen molar-refractivity contribution < 1.29 is 23.5 Å². The maximum Gasteiger partial charge on any atom is 0.230 e. The number of carbonyl (C=O) groups is 1. The first-order valence-corrected chi connectivity index (χ1v) is 8.25.